The van der Waals surface area contributed by atoms with E-state index in [1.165, 1.54) is 24.0 Å². The van der Waals surface area contributed by atoms with Crippen LogP contribution in [0.3, 0.4) is 0 Å². The minimum Gasteiger partial charge on any atom is -0.290 e. The third-order valence-electron chi connectivity index (χ3n) is 4.71. The molecule has 2 nitrogen and oxygen atoms in total. The second kappa shape index (κ2) is 4.71. The van der Waals surface area contributed by atoms with Gasteiger partial charge in [-0.3, -0.25) is 4.84 Å². The van der Waals surface area contributed by atoms with Gasteiger partial charge in [-0.1, -0.05) is 36.4 Å². The van der Waals surface area contributed by atoms with E-state index < -0.39 is 0 Å². The van der Waals surface area contributed by atoms with Gasteiger partial charge >= 0.3 is 0 Å². The molecule has 0 saturated carbocycles. The molecule has 0 aromatic heterocycles. The van der Waals surface area contributed by atoms with Crippen molar-refractivity contribution in [2.75, 3.05) is 0 Å². The van der Waals surface area contributed by atoms with Gasteiger partial charge in [0.25, 0.3) is 0 Å². The highest BCUT2D eigenvalue weighted by Crippen LogP contribution is 2.49. The van der Waals surface area contributed by atoms with Crippen molar-refractivity contribution in [3.63, 3.8) is 0 Å². The normalized spacial score (nSPS) is 27.5. The molecular formula is C18H25NO. The van der Waals surface area contributed by atoms with Crippen LogP contribution in [0.15, 0.2) is 36.4 Å². The molecule has 1 unspecified atom stereocenters. The van der Waals surface area contributed by atoms with Crippen LogP contribution in [0, 0.1) is 0 Å². The maximum atomic E-state index is 6.41. The molecule has 3 rings (SSSR count). The van der Waals surface area contributed by atoms with Crippen LogP contribution in [0.25, 0.3) is 0 Å². The zero-order valence-corrected chi connectivity index (χ0v) is 13.0. The van der Waals surface area contributed by atoms with Gasteiger partial charge in [0.15, 0.2) is 0 Å². The van der Waals surface area contributed by atoms with Crippen molar-refractivity contribution in [3.8, 4) is 0 Å². The van der Waals surface area contributed by atoms with Gasteiger partial charge in [0.1, 0.15) is 0 Å². The van der Waals surface area contributed by atoms with Gasteiger partial charge in [-0.2, -0.15) is 5.06 Å². The van der Waals surface area contributed by atoms with Gasteiger partial charge < -0.3 is 0 Å². The lowest BCUT2D eigenvalue weighted by Crippen LogP contribution is -2.47. The molecule has 2 heteroatoms. The van der Waals surface area contributed by atoms with Gasteiger partial charge in [-0.05, 0) is 58.1 Å². The smallest absolute Gasteiger partial charge is 0.0975 e. The number of allylic oxidation sites excluding steroid dienone is 1. The molecule has 1 aliphatic carbocycles. The Morgan fingerprint density at radius 2 is 1.65 bits per heavy atom. The van der Waals surface area contributed by atoms with Crippen LogP contribution in [0.5, 0.6) is 0 Å². The monoisotopic (exact) mass is 271 g/mol. The summed E-state index contributed by atoms with van der Waals surface area (Å²) in [6.07, 6.45) is 8.22. The van der Waals surface area contributed by atoms with E-state index in [1.807, 2.05) is 0 Å². The van der Waals surface area contributed by atoms with E-state index in [0.29, 0.717) is 0 Å². The van der Waals surface area contributed by atoms with E-state index in [9.17, 15) is 0 Å². The molecule has 1 aliphatic heterocycles. The van der Waals surface area contributed by atoms with E-state index in [2.05, 4.69) is 69.2 Å². The number of rotatable bonds is 2. The molecule has 0 saturated heterocycles. The molecule has 20 heavy (non-hydrogen) atoms. The van der Waals surface area contributed by atoms with Gasteiger partial charge in [0, 0.05) is 0 Å². The molecular weight excluding hydrogens is 246 g/mol. The first-order valence-electron chi connectivity index (χ1n) is 7.68. The van der Waals surface area contributed by atoms with Crippen LogP contribution in [-0.2, 0) is 15.9 Å². The lowest BCUT2D eigenvalue weighted by molar-refractivity contribution is -0.279. The highest BCUT2D eigenvalue weighted by atomic mass is 16.7. The van der Waals surface area contributed by atoms with Crippen molar-refractivity contribution >= 4 is 0 Å². The predicted octanol–water partition coefficient (Wildman–Crippen LogP) is 4.51. The van der Waals surface area contributed by atoms with E-state index in [4.69, 9.17) is 4.84 Å². The summed E-state index contributed by atoms with van der Waals surface area (Å²) in [4.78, 5) is 6.41. The highest BCUT2D eigenvalue weighted by molar-refractivity contribution is 5.42. The van der Waals surface area contributed by atoms with Crippen LogP contribution in [-0.4, -0.2) is 11.2 Å². The maximum absolute atomic E-state index is 6.41. The van der Waals surface area contributed by atoms with Crippen molar-refractivity contribution in [1.82, 2.24) is 5.06 Å². The minimum atomic E-state index is -0.0919. The number of hydroxylamine groups is 2. The minimum absolute atomic E-state index is 0.0919. The first kappa shape index (κ1) is 13.8. The molecule has 1 atom stereocenters. The van der Waals surface area contributed by atoms with Crippen LogP contribution >= 0.6 is 0 Å². The lowest BCUT2D eigenvalue weighted by atomic mass is 9.91. The van der Waals surface area contributed by atoms with E-state index in [-0.39, 0.29) is 17.2 Å². The third kappa shape index (κ3) is 2.02. The Morgan fingerprint density at radius 1 is 1.05 bits per heavy atom. The third-order valence-corrected chi connectivity index (χ3v) is 4.71. The van der Waals surface area contributed by atoms with E-state index in [1.54, 1.807) is 0 Å². The Kier molecular flexibility index (Phi) is 3.26. The summed E-state index contributed by atoms with van der Waals surface area (Å²) < 4.78 is 0. The topological polar surface area (TPSA) is 12.5 Å². The number of benzene rings is 1. The van der Waals surface area contributed by atoms with Gasteiger partial charge in [-0.25, -0.2) is 0 Å². The predicted molar refractivity (Wildman–Crippen MR) is 82.2 cm³/mol. The summed E-state index contributed by atoms with van der Waals surface area (Å²) in [6, 6.07) is 8.72. The highest BCUT2D eigenvalue weighted by Gasteiger charge is 2.50. The molecule has 0 fully saturated rings. The molecule has 0 spiro atoms. The number of fused-ring (bicyclic) bond motifs is 1. The Bertz CT molecular complexity index is 495. The lowest BCUT2D eigenvalue weighted by Gasteiger charge is -2.41. The van der Waals surface area contributed by atoms with Gasteiger partial charge in [0.05, 0.1) is 17.2 Å². The molecule has 108 valence electrons. The Balaban J connectivity index is 1.95. The van der Waals surface area contributed by atoms with Crippen molar-refractivity contribution in [3.05, 3.63) is 47.5 Å². The summed E-state index contributed by atoms with van der Waals surface area (Å²) >= 11 is 0. The summed E-state index contributed by atoms with van der Waals surface area (Å²) in [5, 5.41) is 2.21. The molecule has 1 aromatic carbocycles. The SMILES string of the molecule is CC1(C)c2ccccc2C(C)(C)N1OC1C=CCCC1. The van der Waals surface area contributed by atoms with Crippen LogP contribution in [0.2, 0.25) is 0 Å². The first-order chi connectivity index (χ1) is 9.44. The zero-order chi connectivity index (χ0) is 14.4. The molecule has 1 heterocycles. The summed E-state index contributed by atoms with van der Waals surface area (Å²) in [7, 11) is 0. The van der Waals surface area contributed by atoms with Gasteiger partial charge in [-0.15, -0.1) is 0 Å². The maximum Gasteiger partial charge on any atom is 0.0975 e. The zero-order valence-electron chi connectivity index (χ0n) is 13.0. The summed E-state index contributed by atoms with van der Waals surface area (Å²) in [5.41, 5.74) is 2.58. The standard InChI is InChI=1S/C18H25NO/c1-17(2)15-12-8-9-13-16(15)18(3,4)19(17)20-14-10-6-5-7-11-14/h6,8-10,12-14H,5,7,11H2,1-4H3. The summed E-state index contributed by atoms with van der Waals surface area (Å²) in [6.45, 7) is 9.03. The van der Waals surface area contributed by atoms with E-state index in [0.717, 1.165) is 6.42 Å². The average molecular weight is 271 g/mol. The fourth-order valence-corrected chi connectivity index (χ4v) is 3.74. The molecule has 0 amide bonds. The van der Waals surface area contributed by atoms with Crippen LogP contribution < -0.4 is 0 Å². The number of hydrogen-bond acceptors (Lipinski definition) is 2. The van der Waals surface area contributed by atoms with Crippen LogP contribution in [0.1, 0.15) is 58.1 Å². The van der Waals surface area contributed by atoms with Crippen molar-refractivity contribution in [2.45, 2.75) is 64.1 Å². The molecule has 2 aliphatic rings. The summed E-state index contributed by atoms with van der Waals surface area (Å²) in [5.74, 6) is 0. The molecule has 1 aromatic rings. The Morgan fingerprint density at radius 3 is 2.15 bits per heavy atom. The molecule has 0 N–H and O–H groups in total. The fourth-order valence-electron chi connectivity index (χ4n) is 3.74. The molecule has 0 bridgehead atoms. The van der Waals surface area contributed by atoms with Crippen molar-refractivity contribution in [2.24, 2.45) is 0 Å². The number of nitrogens with zero attached hydrogens (tertiary/aromatic N) is 1. The largest absolute Gasteiger partial charge is 0.290 e. The quantitative estimate of drug-likeness (QED) is 0.734. The Labute approximate surface area is 122 Å². The fraction of sp³-hybridized carbons (Fsp3) is 0.556. The van der Waals surface area contributed by atoms with Crippen molar-refractivity contribution in [1.29, 1.82) is 0 Å². The first-order valence-corrected chi connectivity index (χ1v) is 7.68. The van der Waals surface area contributed by atoms with Crippen LogP contribution in [0.4, 0.5) is 0 Å². The van der Waals surface area contributed by atoms with E-state index >= 15 is 0 Å². The second-order valence-electron chi connectivity index (χ2n) is 6.96. The number of hydrogen-bond donors (Lipinski definition) is 0. The average Bonchev–Trinajstić information content (AvgIpc) is 2.59. The van der Waals surface area contributed by atoms with Crippen molar-refractivity contribution < 1.29 is 4.84 Å². The second-order valence-corrected chi connectivity index (χ2v) is 6.96. The Hall–Kier alpha value is -1.12. The molecule has 0 radical (unpaired) electrons. The van der Waals surface area contributed by atoms with Gasteiger partial charge in [0.2, 0.25) is 0 Å².